The molecule has 0 spiro atoms. The van der Waals surface area contributed by atoms with Crippen molar-refractivity contribution in [2.75, 3.05) is 11.9 Å². The molecule has 0 saturated carbocycles. The van der Waals surface area contributed by atoms with Crippen LogP contribution < -0.4 is 5.32 Å². The summed E-state index contributed by atoms with van der Waals surface area (Å²) in [6, 6.07) is 1.97. The molecule has 1 aromatic rings. The van der Waals surface area contributed by atoms with E-state index in [2.05, 4.69) is 22.2 Å². The summed E-state index contributed by atoms with van der Waals surface area (Å²) >= 11 is 0. The minimum Gasteiger partial charge on any atom is -0.393 e. The monoisotopic (exact) mass is 223 g/mol. The van der Waals surface area contributed by atoms with Crippen LogP contribution in [0.4, 0.5) is 5.82 Å². The summed E-state index contributed by atoms with van der Waals surface area (Å²) in [6.45, 7) is 4.86. The number of nitrogens with zero attached hydrogens (tertiary/aromatic N) is 2. The summed E-state index contributed by atoms with van der Waals surface area (Å²) in [7, 11) is 0. The molecule has 0 saturated heterocycles. The van der Waals surface area contributed by atoms with E-state index >= 15 is 0 Å². The van der Waals surface area contributed by atoms with Gasteiger partial charge in [0.25, 0.3) is 0 Å². The summed E-state index contributed by atoms with van der Waals surface area (Å²) in [5.74, 6) is 0.849. The van der Waals surface area contributed by atoms with Crippen molar-refractivity contribution in [1.82, 2.24) is 9.97 Å². The van der Waals surface area contributed by atoms with Crippen molar-refractivity contribution < 1.29 is 5.11 Å². The Kier molecular flexibility index (Phi) is 5.78. The van der Waals surface area contributed by atoms with Crippen molar-refractivity contribution in [3.05, 3.63) is 18.1 Å². The SMILES string of the molecule is CCCc1cc(NCCC(O)CC)ncn1. The predicted octanol–water partition coefficient (Wildman–Crippen LogP) is 2.00. The van der Waals surface area contributed by atoms with Crippen LogP contribution in [0, 0.1) is 0 Å². The second-order valence-electron chi connectivity index (χ2n) is 3.92. The number of hydrogen-bond acceptors (Lipinski definition) is 4. The van der Waals surface area contributed by atoms with Gasteiger partial charge in [-0.3, -0.25) is 0 Å². The van der Waals surface area contributed by atoms with Crippen LogP contribution in [0.3, 0.4) is 0 Å². The lowest BCUT2D eigenvalue weighted by Gasteiger charge is -2.09. The molecule has 1 unspecified atom stereocenters. The van der Waals surface area contributed by atoms with Crippen molar-refractivity contribution in [3.63, 3.8) is 0 Å². The van der Waals surface area contributed by atoms with Crippen molar-refractivity contribution in [2.24, 2.45) is 0 Å². The van der Waals surface area contributed by atoms with Gasteiger partial charge < -0.3 is 10.4 Å². The molecular formula is C12H21N3O. The Morgan fingerprint density at radius 2 is 2.19 bits per heavy atom. The molecule has 0 bridgehead atoms. The number of aliphatic hydroxyl groups excluding tert-OH is 1. The van der Waals surface area contributed by atoms with Gasteiger partial charge in [0, 0.05) is 18.3 Å². The molecule has 0 aromatic carbocycles. The third-order valence-corrected chi connectivity index (χ3v) is 2.48. The van der Waals surface area contributed by atoms with Crippen LogP contribution >= 0.6 is 0 Å². The van der Waals surface area contributed by atoms with Gasteiger partial charge in [-0.2, -0.15) is 0 Å². The maximum Gasteiger partial charge on any atom is 0.129 e. The summed E-state index contributed by atoms with van der Waals surface area (Å²) in [4.78, 5) is 8.33. The summed E-state index contributed by atoms with van der Waals surface area (Å²) < 4.78 is 0. The number of rotatable bonds is 7. The molecule has 1 rings (SSSR count). The zero-order chi connectivity index (χ0) is 11.8. The number of aliphatic hydroxyl groups is 1. The molecule has 0 aliphatic carbocycles. The third-order valence-electron chi connectivity index (χ3n) is 2.48. The Labute approximate surface area is 97.1 Å². The molecular weight excluding hydrogens is 202 g/mol. The number of aryl methyl sites for hydroxylation is 1. The van der Waals surface area contributed by atoms with Gasteiger partial charge in [-0.05, 0) is 19.3 Å². The lowest BCUT2D eigenvalue weighted by atomic mass is 10.2. The molecule has 90 valence electrons. The van der Waals surface area contributed by atoms with E-state index in [-0.39, 0.29) is 6.10 Å². The fourth-order valence-electron chi connectivity index (χ4n) is 1.46. The number of anilines is 1. The van der Waals surface area contributed by atoms with E-state index in [4.69, 9.17) is 0 Å². The third kappa shape index (κ3) is 4.57. The Morgan fingerprint density at radius 1 is 1.38 bits per heavy atom. The second kappa shape index (κ2) is 7.17. The highest BCUT2D eigenvalue weighted by molar-refractivity contribution is 5.34. The van der Waals surface area contributed by atoms with Crippen LogP contribution in [0.2, 0.25) is 0 Å². The first-order chi connectivity index (χ1) is 7.76. The Hall–Kier alpha value is -1.16. The van der Waals surface area contributed by atoms with Gasteiger partial charge in [0.15, 0.2) is 0 Å². The van der Waals surface area contributed by atoms with Gasteiger partial charge in [-0.15, -0.1) is 0 Å². The van der Waals surface area contributed by atoms with Gasteiger partial charge in [-0.1, -0.05) is 20.3 Å². The quantitative estimate of drug-likeness (QED) is 0.742. The van der Waals surface area contributed by atoms with Crippen molar-refractivity contribution in [2.45, 2.75) is 45.6 Å². The Balaban J connectivity index is 2.38. The maximum absolute atomic E-state index is 9.40. The fraction of sp³-hybridized carbons (Fsp3) is 0.667. The highest BCUT2D eigenvalue weighted by Gasteiger charge is 2.01. The zero-order valence-corrected chi connectivity index (χ0v) is 10.1. The van der Waals surface area contributed by atoms with Crippen molar-refractivity contribution >= 4 is 5.82 Å². The van der Waals surface area contributed by atoms with E-state index in [0.29, 0.717) is 0 Å². The van der Waals surface area contributed by atoms with Crippen molar-refractivity contribution in [1.29, 1.82) is 0 Å². The van der Waals surface area contributed by atoms with E-state index < -0.39 is 0 Å². The number of hydrogen-bond donors (Lipinski definition) is 2. The molecule has 1 heterocycles. The molecule has 0 radical (unpaired) electrons. The second-order valence-corrected chi connectivity index (χ2v) is 3.92. The lowest BCUT2D eigenvalue weighted by Crippen LogP contribution is -2.13. The summed E-state index contributed by atoms with van der Waals surface area (Å²) in [6.07, 6.45) is 4.99. The molecule has 1 aromatic heterocycles. The van der Waals surface area contributed by atoms with Crippen molar-refractivity contribution in [3.8, 4) is 0 Å². The largest absolute Gasteiger partial charge is 0.393 e. The molecule has 0 aliphatic heterocycles. The predicted molar refractivity (Wildman–Crippen MR) is 65.4 cm³/mol. The molecule has 0 aliphatic rings. The van der Waals surface area contributed by atoms with Crippen LogP contribution in [0.25, 0.3) is 0 Å². The van der Waals surface area contributed by atoms with Crippen LogP contribution in [0.15, 0.2) is 12.4 Å². The minimum absolute atomic E-state index is 0.218. The Bertz CT molecular complexity index is 304. The molecule has 4 heteroatoms. The first kappa shape index (κ1) is 12.9. The zero-order valence-electron chi connectivity index (χ0n) is 10.1. The maximum atomic E-state index is 9.40. The summed E-state index contributed by atoms with van der Waals surface area (Å²) in [5.41, 5.74) is 1.07. The molecule has 2 N–H and O–H groups in total. The van der Waals surface area contributed by atoms with E-state index in [0.717, 1.165) is 43.7 Å². The molecule has 0 amide bonds. The molecule has 16 heavy (non-hydrogen) atoms. The van der Waals surface area contributed by atoms with E-state index in [1.807, 2.05) is 13.0 Å². The number of aromatic nitrogens is 2. The van der Waals surface area contributed by atoms with Gasteiger partial charge in [0.1, 0.15) is 12.1 Å². The van der Waals surface area contributed by atoms with Gasteiger partial charge in [-0.25, -0.2) is 9.97 Å². The lowest BCUT2D eigenvalue weighted by molar-refractivity contribution is 0.164. The normalized spacial score (nSPS) is 12.4. The van der Waals surface area contributed by atoms with Gasteiger partial charge in [0.2, 0.25) is 0 Å². The van der Waals surface area contributed by atoms with E-state index in [1.54, 1.807) is 6.33 Å². The first-order valence-corrected chi connectivity index (χ1v) is 5.99. The topological polar surface area (TPSA) is 58.0 Å². The molecule has 0 fully saturated rings. The fourth-order valence-corrected chi connectivity index (χ4v) is 1.46. The van der Waals surface area contributed by atoms with Gasteiger partial charge in [0.05, 0.1) is 6.10 Å². The molecule has 4 nitrogen and oxygen atoms in total. The highest BCUT2D eigenvalue weighted by atomic mass is 16.3. The molecule has 1 atom stereocenters. The first-order valence-electron chi connectivity index (χ1n) is 5.99. The van der Waals surface area contributed by atoms with Gasteiger partial charge >= 0.3 is 0 Å². The van der Waals surface area contributed by atoms with E-state index in [9.17, 15) is 5.11 Å². The Morgan fingerprint density at radius 3 is 2.88 bits per heavy atom. The smallest absolute Gasteiger partial charge is 0.129 e. The van der Waals surface area contributed by atoms with E-state index in [1.165, 1.54) is 0 Å². The van der Waals surface area contributed by atoms with Crippen LogP contribution in [-0.2, 0) is 6.42 Å². The number of nitrogens with one attached hydrogen (secondary N) is 1. The standard InChI is InChI=1S/C12H21N3O/c1-3-5-10-8-12(15-9-14-10)13-7-6-11(16)4-2/h8-9,11,16H,3-7H2,1-2H3,(H,13,14,15). The highest BCUT2D eigenvalue weighted by Crippen LogP contribution is 2.06. The van der Waals surface area contributed by atoms with Crippen LogP contribution in [0.5, 0.6) is 0 Å². The minimum atomic E-state index is -0.218. The van der Waals surface area contributed by atoms with Crippen LogP contribution in [0.1, 0.15) is 38.8 Å². The summed E-state index contributed by atoms with van der Waals surface area (Å²) in [5, 5.41) is 12.6. The average molecular weight is 223 g/mol. The van der Waals surface area contributed by atoms with Crippen LogP contribution in [-0.4, -0.2) is 27.7 Å². The average Bonchev–Trinajstić information content (AvgIpc) is 2.30.